The largest absolute Gasteiger partial charge is 0.479 e. The first-order valence-electron chi connectivity index (χ1n) is 18.4. The lowest BCUT2D eigenvalue weighted by Crippen LogP contribution is -2.59. The van der Waals surface area contributed by atoms with Gasteiger partial charge in [-0.2, -0.15) is 0 Å². The fraction of sp³-hybridized carbons (Fsp3) is 0.632. The van der Waals surface area contributed by atoms with Gasteiger partial charge in [-0.3, -0.25) is 14.4 Å². The van der Waals surface area contributed by atoms with Crippen molar-refractivity contribution in [2.24, 2.45) is 11.8 Å². The van der Waals surface area contributed by atoms with Crippen LogP contribution in [0.1, 0.15) is 90.7 Å². The summed E-state index contributed by atoms with van der Waals surface area (Å²) in [6, 6.07) is 4.62. The Balaban J connectivity index is 1.38. The summed E-state index contributed by atoms with van der Waals surface area (Å²) in [5, 5.41) is 18.3. The van der Waals surface area contributed by atoms with Gasteiger partial charge >= 0.3 is 18.2 Å². The van der Waals surface area contributed by atoms with E-state index in [0.717, 1.165) is 24.0 Å². The van der Waals surface area contributed by atoms with E-state index in [1.807, 2.05) is 36.4 Å². The highest BCUT2D eigenvalue weighted by atomic mass is 16.6. The van der Waals surface area contributed by atoms with Crippen molar-refractivity contribution >= 4 is 35.9 Å². The van der Waals surface area contributed by atoms with Gasteiger partial charge < -0.3 is 40.3 Å². The van der Waals surface area contributed by atoms with E-state index in [1.54, 1.807) is 39.5 Å². The lowest BCUT2D eigenvalue weighted by molar-refractivity contribution is -0.146. The molecular formula is C38H53N5O9. The molecule has 284 valence electrons. The fourth-order valence-corrected chi connectivity index (χ4v) is 7.25. The first-order chi connectivity index (χ1) is 24.6. The SMILES string of the molecule is CC(C)C(NC(=O)OC(C)(C)C)C(=O)N[C@H]1CCCCC/C=C/[C@@H]2C[C@@]2(C(=O)O)NC(=O)[C@@H]2C[C@@H](OC(=O)N3CCc4ccccc4C3)CN2C1=O. The second-order valence-electron chi connectivity index (χ2n) is 15.8. The Kier molecular flexibility index (Phi) is 11.8. The molecule has 4 aliphatic rings. The molecular weight excluding hydrogens is 670 g/mol. The minimum Gasteiger partial charge on any atom is -0.479 e. The molecule has 4 N–H and O–H groups in total. The summed E-state index contributed by atoms with van der Waals surface area (Å²) in [6.45, 7) is 9.36. The lowest BCUT2D eigenvalue weighted by atomic mass is 10.0. The van der Waals surface area contributed by atoms with Gasteiger partial charge in [0.05, 0.1) is 6.54 Å². The average Bonchev–Trinajstić information content (AvgIpc) is 3.61. The van der Waals surface area contributed by atoms with Crippen LogP contribution in [0.15, 0.2) is 36.4 Å². The van der Waals surface area contributed by atoms with E-state index in [2.05, 4.69) is 16.0 Å². The Morgan fingerprint density at radius 1 is 1.06 bits per heavy atom. The minimum atomic E-state index is -1.50. The molecule has 3 heterocycles. The maximum atomic E-state index is 14.5. The Morgan fingerprint density at radius 3 is 2.48 bits per heavy atom. The van der Waals surface area contributed by atoms with Crippen LogP contribution < -0.4 is 16.0 Å². The van der Waals surface area contributed by atoms with Crippen molar-refractivity contribution in [2.75, 3.05) is 13.1 Å². The third kappa shape index (κ3) is 9.23. The van der Waals surface area contributed by atoms with Gasteiger partial charge in [-0.1, -0.05) is 63.1 Å². The van der Waals surface area contributed by atoms with E-state index in [9.17, 15) is 33.9 Å². The second kappa shape index (κ2) is 16.0. The van der Waals surface area contributed by atoms with Crippen molar-refractivity contribution in [1.29, 1.82) is 0 Å². The fourth-order valence-electron chi connectivity index (χ4n) is 7.25. The Morgan fingerprint density at radius 2 is 1.79 bits per heavy atom. The molecule has 1 aromatic rings. The van der Waals surface area contributed by atoms with Gasteiger partial charge in [-0.15, -0.1) is 0 Å². The van der Waals surface area contributed by atoms with Crippen LogP contribution in [0.25, 0.3) is 0 Å². The van der Waals surface area contributed by atoms with Crippen molar-refractivity contribution in [3.63, 3.8) is 0 Å². The summed E-state index contributed by atoms with van der Waals surface area (Å²) in [7, 11) is 0. The van der Waals surface area contributed by atoms with E-state index in [0.29, 0.717) is 32.4 Å². The number of hydrogen-bond donors (Lipinski definition) is 4. The zero-order valence-electron chi connectivity index (χ0n) is 30.8. The number of carbonyl (C=O) groups excluding carboxylic acids is 5. The summed E-state index contributed by atoms with van der Waals surface area (Å²) < 4.78 is 11.3. The van der Waals surface area contributed by atoms with E-state index in [-0.39, 0.29) is 31.7 Å². The Hall–Kier alpha value is -4.62. The zero-order valence-corrected chi connectivity index (χ0v) is 30.8. The Labute approximate surface area is 305 Å². The molecule has 1 aliphatic carbocycles. The molecule has 1 unspecified atom stereocenters. The van der Waals surface area contributed by atoms with Crippen molar-refractivity contribution < 1.29 is 43.3 Å². The third-order valence-corrected chi connectivity index (χ3v) is 10.2. The molecule has 0 bridgehead atoms. The number of carbonyl (C=O) groups is 6. The molecule has 6 atom stereocenters. The first kappa shape index (κ1) is 38.6. The number of nitrogens with one attached hydrogen (secondary N) is 3. The van der Waals surface area contributed by atoms with Gasteiger partial charge in [0.2, 0.25) is 17.7 Å². The van der Waals surface area contributed by atoms with E-state index in [4.69, 9.17) is 9.47 Å². The number of rotatable bonds is 6. The van der Waals surface area contributed by atoms with Crippen LogP contribution in [0, 0.1) is 11.8 Å². The van der Waals surface area contributed by atoms with E-state index < -0.39 is 77.2 Å². The van der Waals surface area contributed by atoms with Gasteiger partial charge in [0, 0.05) is 25.4 Å². The number of carboxylic acids is 1. The van der Waals surface area contributed by atoms with Crippen LogP contribution in [0.4, 0.5) is 9.59 Å². The number of aliphatic carboxylic acids is 1. The van der Waals surface area contributed by atoms with Crippen molar-refractivity contribution in [1.82, 2.24) is 25.8 Å². The normalized spacial score (nSPS) is 27.7. The molecule has 1 saturated carbocycles. The molecule has 1 saturated heterocycles. The number of fused-ring (bicyclic) bond motifs is 3. The van der Waals surface area contributed by atoms with Crippen LogP contribution in [-0.2, 0) is 41.6 Å². The Bertz CT molecular complexity index is 1570. The molecule has 5 rings (SSSR count). The number of amides is 5. The molecule has 0 radical (unpaired) electrons. The maximum absolute atomic E-state index is 14.5. The number of nitrogens with zero attached hydrogens (tertiary/aromatic N) is 2. The molecule has 14 nitrogen and oxygen atoms in total. The van der Waals surface area contributed by atoms with Crippen LogP contribution in [0.5, 0.6) is 0 Å². The van der Waals surface area contributed by atoms with E-state index in [1.165, 1.54) is 4.90 Å². The van der Waals surface area contributed by atoms with Gasteiger partial charge in [0.15, 0.2) is 0 Å². The zero-order chi connectivity index (χ0) is 37.8. The van der Waals surface area contributed by atoms with E-state index >= 15 is 0 Å². The summed E-state index contributed by atoms with van der Waals surface area (Å²) >= 11 is 0. The summed E-state index contributed by atoms with van der Waals surface area (Å²) in [6.07, 6.45) is 5.48. The number of alkyl carbamates (subject to hydrolysis) is 1. The standard InChI is InChI=1S/C38H53N5O9/c1-23(2)30(40-35(49)52-37(3,4)5)32(45)39-28-16-10-8-6-7-9-15-26-20-38(26,34(47)48)41-31(44)29-19-27(22-43(29)33(28)46)51-36(50)42-18-17-24-13-11-12-14-25(24)21-42/h9,11-15,23,26-30H,6-8,10,16-22H2,1-5H3,(H,39,45)(H,40,49)(H,41,44)(H,47,48)/b15-9+/t26-,27-,28+,29+,30?,38-/m1/s1. The highest BCUT2D eigenvalue weighted by Gasteiger charge is 2.61. The van der Waals surface area contributed by atoms with Crippen molar-refractivity contribution in [3.05, 3.63) is 47.5 Å². The average molecular weight is 724 g/mol. The molecule has 3 aliphatic heterocycles. The first-order valence-corrected chi connectivity index (χ1v) is 18.4. The predicted molar refractivity (Wildman–Crippen MR) is 190 cm³/mol. The van der Waals surface area contributed by atoms with Crippen molar-refractivity contribution in [2.45, 2.75) is 128 Å². The molecule has 1 aromatic carbocycles. The number of benzene rings is 1. The summed E-state index contributed by atoms with van der Waals surface area (Å²) in [5.74, 6) is -3.71. The molecule has 2 fully saturated rings. The van der Waals surface area contributed by atoms with Crippen LogP contribution in [0.3, 0.4) is 0 Å². The maximum Gasteiger partial charge on any atom is 0.410 e. The molecule has 52 heavy (non-hydrogen) atoms. The number of carboxylic acid groups (broad SMARTS) is 1. The molecule has 14 heteroatoms. The number of ether oxygens (including phenoxy) is 2. The smallest absolute Gasteiger partial charge is 0.410 e. The van der Waals surface area contributed by atoms with Crippen LogP contribution in [0.2, 0.25) is 0 Å². The number of hydrogen-bond acceptors (Lipinski definition) is 8. The third-order valence-electron chi connectivity index (χ3n) is 10.2. The van der Waals surface area contributed by atoms with Crippen molar-refractivity contribution in [3.8, 4) is 0 Å². The predicted octanol–water partition coefficient (Wildman–Crippen LogP) is 3.66. The second-order valence-corrected chi connectivity index (χ2v) is 15.8. The monoisotopic (exact) mass is 723 g/mol. The van der Waals surface area contributed by atoms with Gasteiger partial charge in [0.1, 0.15) is 35.4 Å². The van der Waals surface area contributed by atoms with Crippen LogP contribution in [-0.4, -0.2) is 99.2 Å². The summed E-state index contributed by atoms with van der Waals surface area (Å²) in [4.78, 5) is 83.6. The van der Waals surface area contributed by atoms with Gasteiger partial charge in [-0.25, -0.2) is 14.4 Å². The van der Waals surface area contributed by atoms with Gasteiger partial charge in [0.25, 0.3) is 0 Å². The highest BCUT2D eigenvalue weighted by Crippen LogP contribution is 2.45. The molecule has 0 aromatic heterocycles. The quantitative estimate of drug-likeness (QED) is 0.318. The minimum absolute atomic E-state index is 0.0422. The number of allylic oxidation sites excluding steroid dienone is 1. The van der Waals surface area contributed by atoms with Gasteiger partial charge in [-0.05, 0) is 69.9 Å². The lowest BCUT2D eigenvalue weighted by Gasteiger charge is -2.31. The molecule has 0 spiro atoms. The highest BCUT2D eigenvalue weighted by molar-refractivity contribution is 5.97. The van der Waals surface area contributed by atoms with Crippen LogP contribution >= 0.6 is 0 Å². The molecule has 5 amide bonds. The summed E-state index contributed by atoms with van der Waals surface area (Å²) in [5.41, 5.74) is -0.106. The topological polar surface area (TPSA) is 184 Å².